The third-order valence-corrected chi connectivity index (χ3v) is 6.60. The van der Waals surface area contributed by atoms with E-state index in [4.69, 9.17) is 11.6 Å². The summed E-state index contributed by atoms with van der Waals surface area (Å²) >= 11 is 10.2. The van der Waals surface area contributed by atoms with Crippen molar-refractivity contribution in [1.29, 1.82) is 0 Å². The maximum Gasteiger partial charge on any atom is 0.250 e. The largest absolute Gasteiger partial charge is 0.250 e. The highest BCUT2D eigenvalue weighted by Gasteiger charge is 2.21. The summed E-state index contributed by atoms with van der Waals surface area (Å²) in [5, 5.41) is 0. The Morgan fingerprint density at radius 2 is 2.25 bits per heavy atom. The maximum atomic E-state index is 11.9. The normalized spacial score (nSPS) is 14.0. The molecule has 1 unspecified atom stereocenters. The number of hydrogen-bond acceptors (Lipinski definition) is 3. The van der Waals surface area contributed by atoms with Gasteiger partial charge in [-0.15, -0.1) is 22.9 Å². The van der Waals surface area contributed by atoms with Gasteiger partial charge in [0.2, 0.25) is 10.0 Å². The molecule has 7 heteroatoms. The molecule has 92 valence electrons. The Morgan fingerprint density at radius 1 is 1.62 bits per heavy atom. The topological polar surface area (TPSA) is 46.2 Å². The predicted octanol–water partition coefficient (Wildman–Crippen LogP) is 3.11. The molecule has 0 spiro atoms. The number of rotatable bonds is 5. The van der Waals surface area contributed by atoms with Crippen molar-refractivity contribution in [3.8, 4) is 0 Å². The fourth-order valence-corrected chi connectivity index (χ4v) is 5.01. The minimum absolute atomic E-state index is 0.215. The third kappa shape index (κ3) is 3.43. The van der Waals surface area contributed by atoms with Crippen LogP contribution in [0.3, 0.4) is 0 Å². The molecule has 1 aromatic heterocycles. The van der Waals surface area contributed by atoms with Crippen molar-refractivity contribution < 1.29 is 8.42 Å². The molecule has 0 aliphatic carbocycles. The molecule has 1 N–H and O–H groups in total. The van der Waals surface area contributed by atoms with E-state index in [2.05, 4.69) is 20.7 Å². The molecule has 0 amide bonds. The average molecular weight is 347 g/mol. The Bertz CT molecular complexity index is 435. The van der Waals surface area contributed by atoms with E-state index in [0.717, 1.165) is 9.35 Å². The van der Waals surface area contributed by atoms with Crippen LogP contribution in [-0.4, -0.2) is 20.3 Å². The minimum Gasteiger partial charge on any atom is -0.206 e. The van der Waals surface area contributed by atoms with Crippen molar-refractivity contribution >= 4 is 48.9 Å². The van der Waals surface area contributed by atoms with Crippen LogP contribution in [0.4, 0.5) is 0 Å². The predicted molar refractivity (Wildman–Crippen MR) is 71.9 cm³/mol. The van der Waals surface area contributed by atoms with Gasteiger partial charge in [-0.3, -0.25) is 0 Å². The van der Waals surface area contributed by atoms with E-state index in [1.807, 2.05) is 13.8 Å². The van der Waals surface area contributed by atoms with E-state index in [1.54, 1.807) is 6.07 Å². The molecule has 0 aliphatic heterocycles. The second-order valence-electron chi connectivity index (χ2n) is 3.40. The molecule has 1 heterocycles. The fraction of sp³-hybridized carbons (Fsp3) is 0.556. The minimum atomic E-state index is -3.43. The summed E-state index contributed by atoms with van der Waals surface area (Å²) in [6.07, 6.45) is 0.675. The number of halogens is 2. The van der Waals surface area contributed by atoms with Crippen LogP contribution in [0.25, 0.3) is 0 Å². The fourth-order valence-electron chi connectivity index (χ4n) is 1.07. The zero-order chi connectivity index (χ0) is 12.3. The molecular weight excluding hydrogens is 334 g/mol. The Kier molecular flexibility index (Phi) is 5.25. The van der Waals surface area contributed by atoms with Gasteiger partial charge in [-0.2, -0.15) is 0 Å². The van der Waals surface area contributed by atoms with Gasteiger partial charge in [0.05, 0.1) is 3.79 Å². The van der Waals surface area contributed by atoms with Crippen molar-refractivity contribution in [3.05, 3.63) is 15.4 Å². The first-order chi connectivity index (χ1) is 7.40. The number of nitrogens with one attached hydrogen (secondary N) is 1. The Balaban J connectivity index is 2.94. The zero-order valence-corrected chi connectivity index (χ0v) is 12.9. The van der Waals surface area contributed by atoms with E-state index < -0.39 is 10.0 Å². The summed E-state index contributed by atoms with van der Waals surface area (Å²) in [4.78, 5) is 0. The molecule has 0 aromatic carbocycles. The van der Waals surface area contributed by atoms with Gasteiger partial charge in [0, 0.05) is 11.9 Å². The summed E-state index contributed by atoms with van der Waals surface area (Å²) in [6.45, 7) is 3.75. The van der Waals surface area contributed by atoms with E-state index in [9.17, 15) is 8.42 Å². The van der Waals surface area contributed by atoms with E-state index in [0.29, 0.717) is 10.6 Å². The zero-order valence-electron chi connectivity index (χ0n) is 8.96. The van der Waals surface area contributed by atoms with Gasteiger partial charge in [-0.05, 0) is 40.9 Å². The van der Waals surface area contributed by atoms with Crippen molar-refractivity contribution in [2.24, 2.45) is 0 Å². The summed E-state index contributed by atoms with van der Waals surface area (Å²) in [5.41, 5.74) is 0.921. The van der Waals surface area contributed by atoms with Gasteiger partial charge in [-0.1, -0.05) is 6.92 Å². The third-order valence-electron chi connectivity index (χ3n) is 2.10. The van der Waals surface area contributed by atoms with Crippen LogP contribution in [-0.2, 0) is 10.0 Å². The molecular formula is C9H13BrClNO2S2. The lowest BCUT2D eigenvalue weighted by atomic mass is 10.3. The smallest absolute Gasteiger partial charge is 0.206 e. The summed E-state index contributed by atoms with van der Waals surface area (Å²) in [6, 6.07) is 1.44. The Labute approximate surface area is 113 Å². The van der Waals surface area contributed by atoms with Crippen LogP contribution >= 0.6 is 38.9 Å². The van der Waals surface area contributed by atoms with Gasteiger partial charge in [0.15, 0.2) is 0 Å². The molecule has 0 bridgehead atoms. The molecule has 16 heavy (non-hydrogen) atoms. The highest BCUT2D eigenvalue weighted by Crippen LogP contribution is 2.30. The van der Waals surface area contributed by atoms with Crippen LogP contribution in [0.15, 0.2) is 14.1 Å². The number of sulfonamides is 1. The molecule has 0 radical (unpaired) electrons. The molecule has 1 aromatic rings. The molecule has 3 nitrogen and oxygen atoms in total. The second kappa shape index (κ2) is 5.82. The lowest BCUT2D eigenvalue weighted by Gasteiger charge is -2.12. The summed E-state index contributed by atoms with van der Waals surface area (Å²) in [5.74, 6) is 0.279. The SMILES string of the molecule is CCC(CCl)NS(=O)(=O)c1cc(C)c(Br)s1. The Hall–Kier alpha value is 0.380. The number of hydrogen-bond donors (Lipinski definition) is 1. The molecule has 1 rings (SSSR count). The Morgan fingerprint density at radius 3 is 2.62 bits per heavy atom. The van der Waals surface area contributed by atoms with E-state index in [-0.39, 0.29) is 11.9 Å². The highest BCUT2D eigenvalue weighted by atomic mass is 79.9. The maximum absolute atomic E-state index is 11.9. The highest BCUT2D eigenvalue weighted by molar-refractivity contribution is 9.11. The van der Waals surface area contributed by atoms with Crippen molar-refractivity contribution in [1.82, 2.24) is 4.72 Å². The van der Waals surface area contributed by atoms with Crippen LogP contribution in [0.5, 0.6) is 0 Å². The first kappa shape index (κ1) is 14.4. The number of thiophene rings is 1. The van der Waals surface area contributed by atoms with Crippen LogP contribution < -0.4 is 4.72 Å². The standard InChI is InChI=1S/C9H13BrClNO2S2/c1-3-7(5-11)12-16(13,14)8-4-6(2)9(10)15-8/h4,7,12H,3,5H2,1-2H3. The lowest BCUT2D eigenvalue weighted by molar-refractivity contribution is 0.559. The van der Waals surface area contributed by atoms with E-state index in [1.165, 1.54) is 11.3 Å². The van der Waals surface area contributed by atoms with Gasteiger partial charge < -0.3 is 0 Å². The molecule has 0 fully saturated rings. The summed E-state index contributed by atoms with van der Waals surface area (Å²) in [7, 11) is -3.43. The van der Waals surface area contributed by atoms with Crippen molar-refractivity contribution in [2.75, 3.05) is 5.88 Å². The van der Waals surface area contributed by atoms with Gasteiger partial charge in [0.25, 0.3) is 0 Å². The number of alkyl halides is 1. The summed E-state index contributed by atoms with van der Waals surface area (Å²) < 4.78 is 27.6. The average Bonchev–Trinajstić information content (AvgIpc) is 2.56. The quantitative estimate of drug-likeness (QED) is 0.833. The first-order valence-corrected chi connectivity index (χ1v) is 8.37. The first-order valence-electron chi connectivity index (χ1n) is 4.75. The van der Waals surface area contributed by atoms with Gasteiger partial charge in [-0.25, -0.2) is 13.1 Å². The lowest BCUT2D eigenvalue weighted by Crippen LogP contribution is -2.35. The molecule has 0 saturated heterocycles. The molecule has 0 saturated carbocycles. The van der Waals surface area contributed by atoms with Crippen molar-refractivity contribution in [3.63, 3.8) is 0 Å². The van der Waals surface area contributed by atoms with Gasteiger partial charge in [0.1, 0.15) is 4.21 Å². The van der Waals surface area contributed by atoms with Crippen molar-refractivity contribution in [2.45, 2.75) is 30.5 Å². The molecule has 0 aliphatic rings. The van der Waals surface area contributed by atoms with Crippen LogP contribution in [0.1, 0.15) is 18.9 Å². The molecule has 1 atom stereocenters. The second-order valence-corrected chi connectivity index (χ2v) is 8.02. The van der Waals surface area contributed by atoms with Crippen LogP contribution in [0, 0.1) is 6.92 Å². The van der Waals surface area contributed by atoms with Gasteiger partial charge >= 0.3 is 0 Å². The monoisotopic (exact) mass is 345 g/mol. The van der Waals surface area contributed by atoms with Crippen LogP contribution in [0.2, 0.25) is 0 Å². The number of aryl methyl sites for hydroxylation is 1. The van der Waals surface area contributed by atoms with E-state index >= 15 is 0 Å².